The van der Waals surface area contributed by atoms with Crippen LogP contribution < -0.4 is 10.6 Å². The lowest BCUT2D eigenvalue weighted by Gasteiger charge is -2.09. The molecule has 3 rings (SSSR count). The van der Waals surface area contributed by atoms with Gasteiger partial charge in [-0.3, -0.25) is 9.36 Å². The van der Waals surface area contributed by atoms with E-state index in [0.717, 1.165) is 48.2 Å². The lowest BCUT2D eigenvalue weighted by atomic mass is 10.2. The summed E-state index contributed by atoms with van der Waals surface area (Å²) in [5, 5.41) is 16.5. The van der Waals surface area contributed by atoms with Gasteiger partial charge in [0, 0.05) is 19.3 Å². The van der Waals surface area contributed by atoms with Gasteiger partial charge < -0.3 is 10.6 Å². The van der Waals surface area contributed by atoms with Crippen molar-refractivity contribution in [2.45, 2.75) is 33.4 Å². The Hall–Kier alpha value is -2.38. The molecular weight excluding hydrogens is 380 g/mol. The molecule has 0 unspecified atom stereocenters. The number of halogens is 1. The van der Waals surface area contributed by atoms with Crippen LogP contribution in [-0.4, -0.2) is 31.2 Å². The summed E-state index contributed by atoms with van der Waals surface area (Å²) in [4.78, 5) is 0. The van der Waals surface area contributed by atoms with Crippen molar-refractivity contribution in [3.8, 4) is 0 Å². The molecule has 0 atom stereocenters. The van der Waals surface area contributed by atoms with Gasteiger partial charge in [-0.1, -0.05) is 41.9 Å². The topological polar surface area (TPSA) is 59.7 Å². The summed E-state index contributed by atoms with van der Waals surface area (Å²) in [6, 6.07) is 10.2. The molecule has 0 aliphatic carbocycles. The first-order valence-corrected chi connectivity index (χ1v) is 9.62. The Bertz CT molecular complexity index is 902. The fraction of sp³-hybridized carbons (Fsp3) is 0.316. The number of aryl methyl sites for hydroxylation is 2. The van der Waals surface area contributed by atoms with Crippen molar-refractivity contribution in [2.75, 3.05) is 11.9 Å². The summed E-state index contributed by atoms with van der Waals surface area (Å²) in [7, 11) is 0. The molecule has 0 bridgehead atoms. The van der Waals surface area contributed by atoms with E-state index in [4.69, 9.17) is 23.8 Å². The molecule has 0 amide bonds. The monoisotopic (exact) mass is 402 g/mol. The Balaban J connectivity index is 1.41. The third kappa shape index (κ3) is 5.30. The van der Waals surface area contributed by atoms with E-state index in [1.807, 2.05) is 47.6 Å². The van der Waals surface area contributed by atoms with Crippen molar-refractivity contribution in [1.29, 1.82) is 0 Å². The summed E-state index contributed by atoms with van der Waals surface area (Å²) >= 11 is 11.5. The average molecular weight is 403 g/mol. The first-order chi connectivity index (χ1) is 13.0. The van der Waals surface area contributed by atoms with Crippen LogP contribution in [0.5, 0.6) is 0 Å². The first-order valence-electron chi connectivity index (χ1n) is 8.83. The van der Waals surface area contributed by atoms with Gasteiger partial charge in [0.25, 0.3) is 0 Å². The lowest BCUT2D eigenvalue weighted by Crippen LogP contribution is -2.29. The quantitative estimate of drug-likeness (QED) is 0.465. The van der Waals surface area contributed by atoms with E-state index in [-0.39, 0.29) is 0 Å². The van der Waals surface area contributed by atoms with Crippen molar-refractivity contribution in [1.82, 2.24) is 24.9 Å². The number of hydrogen-bond acceptors (Lipinski definition) is 3. The van der Waals surface area contributed by atoms with Gasteiger partial charge in [0.15, 0.2) is 5.11 Å². The first kappa shape index (κ1) is 19.4. The fourth-order valence-electron chi connectivity index (χ4n) is 2.78. The third-order valence-corrected chi connectivity index (χ3v) is 5.00. The van der Waals surface area contributed by atoms with E-state index in [1.165, 1.54) is 5.56 Å². The van der Waals surface area contributed by atoms with Crippen molar-refractivity contribution >= 4 is 34.6 Å². The highest BCUT2D eigenvalue weighted by atomic mass is 35.5. The third-order valence-electron chi connectivity index (χ3n) is 4.20. The zero-order valence-corrected chi connectivity index (χ0v) is 17.0. The molecule has 0 aliphatic heterocycles. The molecular formula is C19H23ClN6S. The second-order valence-corrected chi connectivity index (χ2v) is 7.14. The lowest BCUT2D eigenvalue weighted by molar-refractivity contribution is 0.558. The Morgan fingerprint density at radius 2 is 2.00 bits per heavy atom. The van der Waals surface area contributed by atoms with Crippen LogP contribution in [0.3, 0.4) is 0 Å². The number of rotatable bonds is 7. The van der Waals surface area contributed by atoms with Crippen molar-refractivity contribution in [3.63, 3.8) is 0 Å². The van der Waals surface area contributed by atoms with Crippen LogP contribution in [0.15, 0.2) is 42.7 Å². The summed E-state index contributed by atoms with van der Waals surface area (Å²) in [5.41, 5.74) is 3.94. The Kier molecular flexibility index (Phi) is 6.47. The van der Waals surface area contributed by atoms with E-state index in [0.29, 0.717) is 5.11 Å². The van der Waals surface area contributed by atoms with Gasteiger partial charge in [-0.05, 0) is 38.0 Å². The minimum Gasteiger partial charge on any atom is -0.362 e. The SMILES string of the molecule is Cc1nn(CCCNC(=S)Nc2cnn(Cc3ccccc3)c2)c(C)c1Cl. The Morgan fingerprint density at radius 1 is 1.22 bits per heavy atom. The van der Waals surface area contributed by atoms with Crippen LogP contribution in [0, 0.1) is 13.8 Å². The highest BCUT2D eigenvalue weighted by molar-refractivity contribution is 7.80. The molecule has 0 spiro atoms. The van der Waals surface area contributed by atoms with Gasteiger partial charge >= 0.3 is 0 Å². The van der Waals surface area contributed by atoms with E-state index < -0.39 is 0 Å². The number of benzene rings is 1. The van der Waals surface area contributed by atoms with E-state index in [1.54, 1.807) is 6.20 Å². The number of aromatic nitrogens is 4. The van der Waals surface area contributed by atoms with E-state index in [9.17, 15) is 0 Å². The second-order valence-electron chi connectivity index (χ2n) is 6.35. The molecule has 142 valence electrons. The molecule has 2 N–H and O–H groups in total. The summed E-state index contributed by atoms with van der Waals surface area (Å²) < 4.78 is 3.82. The summed E-state index contributed by atoms with van der Waals surface area (Å²) in [6.45, 7) is 6.17. The van der Waals surface area contributed by atoms with Gasteiger partial charge in [-0.25, -0.2) is 0 Å². The molecule has 0 saturated heterocycles. The van der Waals surface area contributed by atoms with Gasteiger partial charge in [0.1, 0.15) is 0 Å². The molecule has 0 aliphatic rings. The second kappa shape index (κ2) is 9.01. The highest BCUT2D eigenvalue weighted by Gasteiger charge is 2.08. The number of nitrogens with one attached hydrogen (secondary N) is 2. The zero-order valence-electron chi connectivity index (χ0n) is 15.4. The van der Waals surface area contributed by atoms with Crippen LogP contribution in [0.4, 0.5) is 5.69 Å². The van der Waals surface area contributed by atoms with Crippen molar-refractivity contribution < 1.29 is 0 Å². The van der Waals surface area contributed by atoms with E-state index in [2.05, 4.69) is 33.0 Å². The smallest absolute Gasteiger partial charge is 0.170 e. The molecule has 3 aromatic rings. The van der Waals surface area contributed by atoms with Crippen LogP contribution >= 0.6 is 23.8 Å². The van der Waals surface area contributed by atoms with Crippen LogP contribution in [0.2, 0.25) is 5.02 Å². The van der Waals surface area contributed by atoms with Gasteiger partial charge in [0.2, 0.25) is 0 Å². The minimum atomic E-state index is 0.584. The predicted octanol–water partition coefficient (Wildman–Crippen LogP) is 3.77. The molecule has 1 aromatic carbocycles. The maximum Gasteiger partial charge on any atom is 0.170 e. The molecule has 0 fully saturated rings. The standard InChI is InChI=1S/C19H23ClN6S/c1-14-18(20)15(2)26(24-14)10-6-9-21-19(27)23-17-11-22-25(13-17)12-16-7-4-3-5-8-16/h3-5,7-8,11,13H,6,9-10,12H2,1-2H3,(H2,21,23,27). The summed E-state index contributed by atoms with van der Waals surface area (Å²) in [6.07, 6.45) is 4.61. The van der Waals surface area contributed by atoms with Gasteiger partial charge in [-0.2, -0.15) is 10.2 Å². The normalized spacial score (nSPS) is 10.8. The van der Waals surface area contributed by atoms with Crippen molar-refractivity contribution in [2.24, 2.45) is 0 Å². The molecule has 2 aromatic heterocycles. The maximum absolute atomic E-state index is 6.17. The Morgan fingerprint density at radius 3 is 2.70 bits per heavy atom. The predicted molar refractivity (Wildman–Crippen MR) is 113 cm³/mol. The number of nitrogens with zero attached hydrogens (tertiary/aromatic N) is 4. The van der Waals surface area contributed by atoms with Crippen LogP contribution in [0.25, 0.3) is 0 Å². The summed E-state index contributed by atoms with van der Waals surface area (Å²) in [5.74, 6) is 0. The zero-order chi connectivity index (χ0) is 19.2. The Labute approximate surface area is 169 Å². The number of hydrogen-bond donors (Lipinski definition) is 2. The number of thiocarbonyl (C=S) groups is 1. The van der Waals surface area contributed by atoms with Crippen LogP contribution in [-0.2, 0) is 13.1 Å². The molecule has 0 saturated carbocycles. The molecule has 27 heavy (non-hydrogen) atoms. The highest BCUT2D eigenvalue weighted by Crippen LogP contribution is 2.18. The molecule has 2 heterocycles. The van der Waals surface area contributed by atoms with Gasteiger partial charge in [0.05, 0.1) is 34.8 Å². The average Bonchev–Trinajstić information content (AvgIpc) is 3.19. The largest absolute Gasteiger partial charge is 0.362 e. The maximum atomic E-state index is 6.17. The number of anilines is 1. The minimum absolute atomic E-state index is 0.584. The molecule has 0 radical (unpaired) electrons. The van der Waals surface area contributed by atoms with E-state index >= 15 is 0 Å². The fourth-order valence-corrected chi connectivity index (χ4v) is 3.14. The van der Waals surface area contributed by atoms with Crippen LogP contribution in [0.1, 0.15) is 23.4 Å². The van der Waals surface area contributed by atoms with Gasteiger partial charge in [-0.15, -0.1) is 0 Å². The molecule has 8 heteroatoms. The van der Waals surface area contributed by atoms with Crippen molar-refractivity contribution in [3.05, 3.63) is 64.7 Å². The molecule has 6 nitrogen and oxygen atoms in total.